The third-order valence-corrected chi connectivity index (χ3v) is 8.37. The molecule has 2 heterocycles. The van der Waals surface area contributed by atoms with E-state index in [1.165, 1.54) is 22.7 Å². The number of morpholine rings is 1. The largest absolute Gasteiger partial charge is 0.484 e. The Bertz CT molecular complexity index is 1180. The number of ether oxygens (including phenoxy) is 2. The zero-order chi connectivity index (χ0) is 23.3. The molecule has 1 fully saturated rings. The van der Waals surface area contributed by atoms with E-state index >= 15 is 0 Å². The Morgan fingerprint density at radius 1 is 1.09 bits per heavy atom. The highest BCUT2D eigenvalue weighted by Gasteiger charge is 2.22. The maximum Gasteiger partial charge on any atom is 0.273 e. The molecule has 1 aliphatic rings. The van der Waals surface area contributed by atoms with Crippen LogP contribution in [0.1, 0.15) is 0 Å². The lowest BCUT2D eigenvalue weighted by Crippen LogP contribution is -2.37. The summed E-state index contributed by atoms with van der Waals surface area (Å²) in [6.07, 6.45) is 0. The van der Waals surface area contributed by atoms with Gasteiger partial charge in [0.25, 0.3) is 15.9 Å². The van der Waals surface area contributed by atoms with Gasteiger partial charge in [-0.05, 0) is 47.8 Å². The van der Waals surface area contributed by atoms with Gasteiger partial charge < -0.3 is 19.7 Å². The molecule has 0 radical (unpaired) electrons. The van der Waals surface area contributed by atoms with Crippen molar-refractivity contribution in [2.24, 2.45) is 0 Å². The van der Waals surface area contributed by atoms with Crippen molar-refractivity contribution in [3.05, 3.63) is 66.0 Å². The molecule has 0 atom stereocenters. The van der Waals surface area contributed by atoms with Gasteiger partial charge >= 0.3 is 0 Å². The van der Waals surface area contributed by atoms with Gasteiger partial charge in [0.1, 0.15) is 9.96 Å². The van der Waals surface area contributed by atoms with Gasteiger partial charge in [-0.25, -0.2) is 8.42 Å². The summed E-state index contributed by atoms with van der Waals surface area (Å²) in [5, 5.41) is 4.63. The number of benzene rings is 2. The van der Waals surface area contributed by atoms with Crippen LogP contribution in [-0.4, -0.2) is 54.3 Å². The van der Waals surface area contributed by atoms with Gasteiger partial charge in [-0.3, -0.25) is 9.10 Å². The van der Waals surface area contributed by atoms with Crippen LogP contribution in [0.3, 0.4) is 0 Å². The normalized spacial score (nSPS) is 14.0. The summed E-state index contributed by atoms with van der Waals surface area (Å²) in [5.74, 6) is 0.189. The van der Waals surface area contributed by atoms with Crippen LogP contribution in [-0.2, 0) is 19.6 Å². The summed E-state index contributed by atoms with van der Waals surface area (Å²) >= 11 is 1.17. The quantitative estimate of drug-likeness (QED) is 0.524. The lowest BCUT2D eigenvalue weighted by Gasteiger charge is -2.30. The summed E-state index contributed by atoms with van der Waals surface area (Å²) in [6.45, 7) is 2.69. The van der Waals surface area contributed by atoms with Crippen molar-refractivity contribution in [3.8, 4) is 5.75 Å². The monoisotopic (exact) mass is 487 g/mol. The number of amides is 1. The van der Waals surface area contributed by atoms with Crippen molar-refractivity contribution >= 4 is 44.3 Å². The number of carbonyl (C=O) groups excluding carboxylic acids is 1. The average Bonchev–Trinajstić information content (AvgIpc) is 3.40. The first-order valence-electron chi connectivity index (χ1n) is 10.4. The molecule has 2 aromatic carbocycles. The van der Waals surface area contributed by atoms with Crippen LogP contribution < -0.4 is 19.3 Å². The minimum absolute atomic E-state index is 0.167. The number of rotatable bonds is 8. The molecule has 1 aliphatic heterocycles. The highest BCUT2D eigenvalue weighted by atomic mass is 32.2. The molecule has 174 valence electrons. The fraction of sp³-hybridized carbons (Fsp3) is 0.261. The molecule has 1 N–H and O–H groups in total. The number of hydrogen-bond donors (Lipinski definition) is 1. The second-order valence-electron chi connectivity index (χ2n) is 7.35. The van der Waals surface area contributed by atoms with Crippen molar-refractivity contribution < 1.29 is 22.7 Å². The van der Waals surface area contributed by atoms with Gasteiger partial charge in [-0.15, -0.1) is 11.3 Å². The van der Waals surface area contributed by atoms with Gasteiger partial charge in [-0.1, -0.05) is 18.2 Å². The molecule has 10 heteroatoms. The molecule has 0 spiro atoms. The number of hydrogen-bond acceptors (Lipinski definition) is 7. The maximum absolute atomic E-state index is 12.7. The van der Waals surface area contributed by atoms with Crippen LogP contribution in [0.5, 0.6) is 5.75 Å². The van der Waals surface area contributed by atoms with Crippen molar-refractivity contribution in [1.82, 2.24) is 0 Å². The highest BCUT2D eigenvalue weighted by Crippen LogP contribution is 2.28. The third-order valence-electron chi connectivity index (χ3n) is 5.21. The van der Waals surface area contributed by atoms with Crippen molar-refractivity contribution in [2.45, 2.75) is 4.21 Å². The van der Waals surface area contributed by atoms with Crippen LogP contribution in [0.4, 0.5) is 17.1 Å². The van der Waals surface area contributed by atoms with E-state index in [0.29, 0.717) is 24.7 Å². The molecule has 0 saturated carbocycles. The number of carbonyl (C=O) groups is 1. The molecule has 33 heavy (non-hydrogen) atoms. The van der Waals surface area contributed by atoms with E-state index < -0.39 is 10.0 Å². The van der Waals surface area contributed by atoms with Crippen LogP contribution in [0, 0.1) is 0 Å². The number of para-hydroxylation sites is 2. The standard InChI is InChI=1S/C23H25N3O5S2/c1-25(33(28,29)23-7-4-16-32-23)18-8-10-19(11-9-18)31-17-22(27)24-20-5-2-3-6-21(20)26-12-14-30-15-13-26/h2-11,16H,12-15,17H2,1H3,(H,24,27). The Morgan fingerprint density at radius 2 is 1.82 bits per heavy atom. The van der Waals surface area contributed by atoms with E-state index in [2.05, 4.69) is 10.2 Å². The lowest BCUT2D eigenvalue weighted by atomic mass is 10.2. The van der Waals surface area contributed by atoms with Crippen LogP contribution in [0.15, 0.2) is 70.3 Å². The Labute approximate surface area is 197 Å². The lowest BCUT2D eigenvalue weighted by molar-refractivity contribution is -0.118. The molecule has 0 unspecified atom stereocenters. The van der Waals surface area contributed by atoms with Crippen molar-refractivity contribution in [2.75, 3.05) is 54.5 Å². The summed E-state index contributed by atoms with van der Waals surface area (Å²) in [6, 6.07) is 17.5. The van der Waals surface area contributed by atoms with Gasteiger partial charge in [-0.2, -0.15) is 0 Å². The summed E-state index contributed by atoms with van der Waals surface area (Å²) in [4.78, 5) is 14.7. The molecule has 1 saturated heterocycles. The fourth-order valence-corrected chi connectivity index (χ4v) is 5.79. The summed E-state index contributed by atoms with van der Waals surface area (Å²) < 4.78 is 37.8. The topological polar surface area (TPSA) is 88.2 Å². The zero-order valence-corrected chi connectivity index (χ0v) is 19.8. The molecular weight excluding hydrogens is 462 g/mol. The molecule has 8 nitrogen and oxygen atoms in total. The second kappa shape index (κ2) is 10.2. The fourth-order valence-electron chi connectivity index (χ4n) is 3.43. The molecule has 0 bridgehead atoms. The van der Waals surface area contributed by atoms with Crippen LogP contribution in [0.2, 0.25) is 0 Å². The Kier molecular flexibility index (Phi) is 7.17. The number of sulfonamides is 1. The molecule has 1 amide bonds. The number of nitrogens with zero attached hydrogens (tertiary/aromatic N) is 2. The first-order valence-corrected chi connectivity index (χ1v) is 12.7. The van der Waals surface area contributed by atoms with Gasteiger partial charge in [0, 0.05) is 20.1 Å². The number of anilines is 3. The molecular formula is C23H25N3O5S2. The summed E-state index contributed by atoms with van der Waals surface area (Å²) in [7, 11) is -2.10. The predicted octanol–water partition coefficient (Wildman–Crippen LogP) is 3.43. The van der Waals surface area contributed by atoms with E-state index in [9.17, 15) is 13.2 Å². The first kappa shape index (κ1) is 23.1. The van der Waals surface area contributed by atoms with Crippen LogP contribution >= 0.6 is 11.3 Å². The van der Waals surface area contributed by atoms with Gasteiger partial charge in [0.05, 0.1) is 30.3 Å². The van der Waals surface area contributed by atoms with E-state index in [4.69, 9.17) is 9.47 Å². The Morgan fingerprint density at radius 3 is 2.52 bits per heavy atom. The van der Waals surface area contributed by atoms with Gasteiger partial charge in [0.2, 0.25) is 0 Å². The Balaban J connectivity index is 1.35. The third kappa shape index (κ3) is 5.47. The predicted molar refractivity (Wildman–Crippen MR) is 130 cm³/mol. The minimum atomic E-state index is -3.60. The smallest absolute Gasteiger partial charge is 0.273 e. The average molecular weight is 488 g/mol. The number of nitrogens with one attached hydrogen (secondary N) is 1. The second-order valence-corrected chi connectivity index (χ2v) is 10.5. The molecule has 1 aromatic heterocycles. The van der Waals surface area contributed by atoms with Gasteiger partial charge in [0.15, 0.2) is 6.61 Å². The Hall–Kier alpha value is -3.08. The first-order chi connectivity index (χ1) is 15.9. The SMILES string of the molecule is CN(c1ccc(OCC(=O)Nc2ccccc2N2CCOCC2)cc1)S(=O)(=O)c1cccs1. The molecule has 4 rings (SSSR count). The van der Waals surface area contributed by atoms with Crippen molar-refractivity contribution in [3.63, 3.8) is 0 Å². The zero-order valence-electron chi connectivity index (χ0n) is 18.1. The highest BCUT2D eigenvalue weighted by molar-refractivity contribution is 7.94. The number of thiophene rings is 1. The van der Waals surface area contributed by atoms with E-state index in [0.717, 1.165) is 24.5 Å². The van der Waals surface area contributed by atoms with E-state index in [-0.39, 0.29) is 16.7 Å². The summed E-state index contributed by atoms with van der Waals surface area (Å²) in [5.41, 5.74) is 2.18. The minimum Gasteiger partial charge on any atom is -0.484 e. The molecule has 3 aromatic rings. The van der Waals surface area contributed by atoms with E-state index in [1.54, 1.807) is 41.8 Å². The maximum atomic E-state index is 12.7. The van der Waals surface area contributed by atoms with Crippen molar-refractivity contribution in [1.29, 1.82) is 0 Å². The molecule has 0 aliphatic carbocycles. The van der Waals surface area contributed by atoms with E-state index in [1.807, 2.05) is 24.3 Å². The van der Waals surface area contributed by atoms with Crippen LogP contribution in [0.25, 0.3) is 0 Å².